The topological polar surface area (TPSA) is 52.8 Å². The van der Waals surface area contributed by atoms with E-state index in [2.05, 4.69) is 41.1 Å². The fourth-order valence-corrected chi connectivity index (χ4v) is 4.40. The molecular weight excluding hydrogens is 388 g/mol. The molecule has 2 aliphatic rings. The minimum absolute atomic E-state index is 0.0941. The van der Waals surface area contributed by atoms with Crippen LogP contribution >= 0.6 is 0 Å². The first-order valence-electron chi connectivity index (χ1n) is 11.0. The highest BCUT2D eigenvalue weighted by atomic mass is 16.4. The number of amides is 1. The van der Waals surface area contributed by atoms with Gasteiger partial charge in [0.05, 0.1) is 6.54 Å². The molecule has 1 amide bonds. The Kier molecular flexibility index (Phi) is 5.24. The van der Waals surface area contributed by atoms with E-state index in [-0.39, 0.29) is 5.91 Å². The number of carbonyl (C=O) groups excluding carboxylic acids is 1. The summed E-state index contributed by atoms with van der Waals surface area (Å²) in [5.41, 5.74) is 5.25. The van der Waals surface area contributed by atoms with Crippen molar-refractivity contribution in [3.63, 3.8) is 0 Å². The lowest BCUT2D eigenvalue weighted by Crippen LogP contribution is -2.47. The number of piperazine rings is 1. The van der Waals surface area contributed by atoms with E-state index in [0.717, 1.165) is 62.7 Å². The van der Waals surface area contributed by atoms with Crippen LogP contribution in [0.1, 0.15) is 27.4 Å². The van der Waals surface area contributed by atoms with E-state index >= 15 is 0 Å². The Morgan fingerprint density at radius 2 is 1.74 bits per heavy atom. The summed E-state index contributed by atoms with van der Waals surface area (Å²) in [7, 11) is 2.09. The number of para-hydroxylation sites is 1. The Labute approximate surface area is 183 Å². The molecule has 0 bridgehead atoms. The highest BCUT2D eigenvalue weighted by molar-refractivity contribution is 5.94. The number of hydrogen-bond acceptors (Lipinski definition) is 5. The van der Waals surface area contributed by atoms with Crippen LogP contribution in [0.15, 0.2) is 52.9 Å². The predicted octanol–water partition coefficient (Wildman–Crippen LogP) is 3.60. The van der Waals surface area contributed by atoms with Gasteiger partial charge < -0.3 is 19.1 Å². The van der Waals surface area contributed by atoms with Crippen LogP contribution in [0.4, 0.5) is 5.69 Å². The number of oxazole rings is 1. The van der Waals surface area contributed by atoms with Crippen molar-refractivity contribution in [2.45, 2.75) is 19.9 Å². The molecule has 6 heteroatoms. The van der Waals surface area contributed by atoms with Gasteiger partial charge in [0.25, 0.3) is 5.91 Å². The largest absolute Gasteiger partial charge is 0.441 e. The van der Waals surface area contributed by atoms with Crippen molar-refractivity contribution >= 4 is 11.6 Å². The van der Waals surface area contributed by atoms with Gasteiger partial charge in [-0.1, -0.05) is 18.2 Å². The molecule has 2 aliphatic heterocycles. The third-order valence-corrected chi connectivity index (χ3v) is 6.39. The van der Waals surface area contributed by atoms with Gasteiger partial charge in [-0.2, -0.15) is 0 Å². The highest BCUT2D eigenvalue weighted by Gasteiger charge is 2.23. The Hall–Kier alpha value is -3.12. The van der Waals surface area contributed by atoms with Crippen LogP contribution in [0, 0.1) is 6.92 Å². The zero-order valence-corrected chi connectivity index (χ0v) is 18.2. The summed E-state index contributed by atoms with van der Waals surface area (Å²) in [5.74, 6) is 1.55. The molecule has 0 N–H and O–H groups in total. The highest BCUT2D eigenvalue weighted by Crippen LogP contribution is 2.30. The average Bonchev–Trinajstić information content (AvgIpc) is 3.38. The number of rotatable bonds is 4. The smallest absolute Gasteiger partial charge is 0.253 e. The lowest BCUT2D eigenvalue weighted by molar-refractivity contribution is 0.0664. The number of benzene rings is 2. The molecule has 3 heterocycles. The number of fused-ring (bicyclic) bond motifs is 1. The Morgan fingerprint density at radius 3 is 2.52 bits per heavy atom. The predicted molar refractivity (Wildman–Crippen MR) is 121 cm³/mol. The van der Waals surface area contributed by atoms with Crippen LogP contribution in [0.25, 0.3) is 11.5 Å². The van der Waals surface area contributed by atoms with Gasteiger partial charge in [0.2, 0.25) is 5.89 Å². The van der Waals surface area contributed by atoms with Crippen LogP contribution in [-0.4, -0.2) is 60.5 Å². The molecule has 1 saturated heterocycles. The number of aryl methyl sites for hydroxylation is 1. The van der Waals surface area contributed by atoms with E-state index in [1.165, 1.54) is 11.3 Å². The average molecular weight is 417 g/mol. The molecule has 0 unspecified atom stereocenters. The molecule has 31 heavy (non-hydrogen) atoms. The van der Waals surface area contributed by atoms with Crippen LogP contribution < -0.4 is 4.90 Å². The third-order valence-electron chi connectivity index (χ3n) is 6.39. The summed E-state index contributed by atoms with van der Waals surface area (Å²) in [6, 6.07) is 16.2. The fraction of sp³-hybridized carbons (Fsp3) is 0.360. The zero-order chi connectivity index (χ0) is 21.4. The zero-order valence-electron chi connectivity index (χ0n) is 18.2. The fourth-order valence-electron chi connectivity index (χ4n) is 4.40. The lowest BCUT2D eigenvalue weighted by Gasteiger charge is -2.32. The van der Waals surface area contributed by atoms with Crippen molar-refractivity contribution in [2.75, 3.05) is 44.7 Å². The van der Waals surface area contributed by atoms with Crippen LogP contribution in [0.2, 0.25) is 0 Å². The molecule has 5 rings (SSSR count). The normalized spacial score (nSPS) is 16.6. The maximum atomic E-state index is 12.8. The maximum Gasteiger partial charge on any atom is 0.253 e. The summed E-state index contributed by atoms with van der Waals surface area (Å²) in [5, 5.41) is 0. The monoisotopic (exact) mass is 416 g/mol. The van der Waals surface area contributed by atoms with E-state index in [1.807, 2.05) is 36.1 Å². The molecule has 160 valence electrons. The number of hydrogen-bond donors (Lipinski definition) is 0. The number of carbonyl (C=O) groups is 1. The van der Waals surface area contributed by atoms with Gasteiger partial charge in [-0.15, -0.1) is 0 Å². The first kappa shape index (κ1) is 19.8. The second-order valence-corrected chi connectivity index (χ2v) is 8.49. The van der Waals surface area contributed by atoms with Crippen LogP contribution in [-0.2, 0) is 13.0 Å². The van der Waals surface area contributed by atoms with Gasteiger partial charge in [0, 0.05) is 49.5 Å². The Balaban J connectivity index is 1.30. The van der Waals surface area contributed by atoms with Gasteiger partial charge in [0.1, 0.15) is 11.5 Å². The third kappa shape index (κ3) is 3.95. The van der Waals surface area contributed by atoms with Crippen molar-refractivity contribution in [2.24, 2.45) is 0 Å². The SMILES string of the molecule is Cc1oc(-c2ccc(C(=O)N3CCN(C)CC3)cc2)nc1CN1CCc2ccccc21. The molecule has 0 radical (unpaired) electrons. The van der Waals surface area contributed by atoms with E-state index < -0.39 is 0 Å². The number of nitrogens with zero attached hydrogens (tertiary/aromatic N) is 4. The molecule has 6 nitrogen and oxygen atoms in total. The van der Waals surface area contributed by atoms with Gasteiger partial charge in [-0.25, -0.2) is 4.98 Å². The van der Waals surface area contributed by atoms with E-state index in [9.17, 15) is 4.79 Å². The molecule has 2 aromatic carbocycles. The summed E-state index contributed by atoms with van der Waals surface area (Å²) in [6.07, 6.45) is 1.07. The molecule has 0 atom stereocenters. The minimum atomic E-state index is 0.0941. The molecule has 3 aromatic rings. The van der Waals surface area contributed by atoms with Crippen molar-refractivity contribution < 1.29 is 9.21 Å². The van der Waals surface area contributed by atoms with Gasteiger partial charge >= 0.3 is 0 Å². The second kappa shape index (κ2) is 8.19. The lowest BCUT2D eigenvalue weighted by atomic mass is 10.1. The molecule has 1 aromatic heterocycles. The quantitative estimate of drug-likeness (QED) is 0.651. The van der Waals surface area contributed by atoms with Crippen molar-refractivity contribution in [1.82, 2.24) is 14.8 Å². The van der Waals surface area contributed by atoms with Crippen molar-refractivity contribution in [3.8, 4) is 11.5 Å². The first-order chi connectivity index (χ1) is 15.1. The van der Waals surface area contributed by atoms with Crippen LogP contribution in [0.3, 0.4) is 0 Å². The van der Waals surface area contributed by atoms with Crippen molar-refractivity contribution in [3.05, 3.63) is 71.1 Å². The Morgan fingerprint density at radius 1 is 1.00 bits per heavy atom. The summed E-state index contributed by atoms with van der Waals surface area (Å²) in [4.78, 5) is 24.1. The van der Waals surface area contributed by atoms with Crippen molar-refractivity contribution in [1.29, 1.82) is 0 Å². The summed E-state index contributed by atoms with van der Waals surface area (Å²) < 4.78 is 5.99. The number of anilines is 1. The summed E-state index contributed by atoms with van der Waals surface area (Å²) in [6.45, 7) is 7.11. The standard InChI is InChI=1S/C25H28N4O2/c1-18-22(17-29-12-11-19-5-3-4-6-23(19)29)26-24(31-18)20-7-9-21(10-8-20)25(30)28-15-13-27(2)14-16-28/h3-10H,11-17H2,1-2H3. The van der Waals surface area contributed by atoms with E-state index in [1.54, 1.807) is 0 Å². The first-order valence-corrected chi connectivity index (χ1v) is 11.0. The van der Waals surface area contributed by atoms with E-state index in [0.29, 0.717) is 11.5 Å². The number of aromatic nitrogens is 1. The Bertz CT molecular complexity index is 1080. The summed E-state index contributed by atoms with van der Waals surface area (Å²) >= 11 is 0. The van der Waals surface area contributed by atoms with Crippen LogP contribution in [0.5, 0.6) is 0 Å². The molecule has 0 saturated carbocycles. The maximum absolute atomic E-state index is 12.8. The molecular formula is C25H28N4O2. The second-order valence-electron chi connectivity index (χ2n) is 8.49. The van der Waals surface area contributed by atoms with Gasteiger partial charge in [-0.3, -0.25) is 4.79 Å². The minimum Gasteiger partial charge on any atom is -0.441 e. The van der Waals surface area contributed by atoms with Gasteiger partial charge in [0.15, 0.2) is 0 Å². The molecule has 0 aliphatic carbocycles. The van der Waals surface area contributed by atoms with Gasteiger partial charge in [-0.05, 0) is 56.3 Å². The van der Waals surface area contributed by atoms with E-state index in [4.69, 9.17) is 9.40 Å². The molecule has 1 fully saturated rings. The molecule has 0 spiro atoms. The number of likely N-dealkylation sites (N-methyl/N-ethyl adjacent to an activating group) is 1.